The molecule has 0 aliphatic rings. The van der Waals surface area contributed by atoms with E-state index in [9.17, 15) is 0 Å². The number of hydrogen-bond donors (Lipinski definition) is 1. The van der Waals surface area contributed by atoms with Crippen LogP contribution in [0, 0.1) is 0 Å². The van der Waals surface area contributed by atoms with E-state index in [0.29, 0.717) is 0 Å². The fraction of sp³-hybridized carbons (Fsp3) is 0.462. The van der Waals surface area contributed by atoms with E-state index in [1.165, 1.54) is 16.6 Å². The van der Waals surface area contributed by atoms with Gasteiger partial charge in [-0.2, -0.15) is 5.10 Å². The first kappa shape index (κ1) is 10.2. The summed E-state index contributed by atoms with van der Waals surface area (Å²) in [6.45, 7) is 8.77. The van der Waals surface area contributed by atoms with Crippen LogP contribution in [0.15, 0.2) is 18.2 Å². The second-order valence-electron chi connectivity index (χ2n) is 5.05. The number of nitrogens with zero attached hydrogens (tertiary/aromatic N) is 1. The smallest absolute Gasteiger partial charge is 0.0926 e. The maximum absolute atomic E-state index is 4.37. The van der Waals surface area contributed by atoms with Crippen molar-refractivity contribution in [2.45, 2.75) is 39.5 Å². The number of nitrogens with one attached hydrogen (secondary N) is 1. The monoisotopic (exact) mass is 202 g/mol. The molecule has 0 unspecified atom stereocenters. The number of hydrogen-bond acceptors (Lipinski definition) is 1. The Hall–Kier alpha value is -1.31. The Bertz CT molecular complexity index is 475. The van der Waals surface area contributed by atoms with Crippen molar-refractivity contribution < 1.29 is 0 Å². The zero-order valence-corrected chi connectivity index (χ0v) is 9.89. The SMILES string of the molecule is CCc1ccc2c(C(C)(C)C)[nH]nc2c1. The van der Waals surface area contributed by atoms with E-state index in [-0.39, 0.29) is 5.41 Å². The highest BCUT2D eigenvalue weighted by molar-refractivity contribution is 5.82. The van der Waals surface area contributed by atoms with Crippen molar-refractivity contribution in [1.82, 2.24) is 10.2 Å². The molecule has 2 nitrogen and oxygen atoms in total. The maximum atomic E-state index is 4.37. The van der Waals surface area contributed by atoms with Gasteiger partial charge in [0.15, 0.2) is 0 Å². The molecule has 0 aliphatic carbocycles. The maximum Gasteiger partial charge on any atom is 0.0926 e. The van der Waals surface area contributed by atoms with E-state index in [2.05, 4.69) is 56.1 Å². The lowest BCUT2D eigenvalue weighted by molar-refractivity contribution is 0.571. The van der Waals surface area contributed by atoms with E-state index in [1.807, 2.05) is 0 Å². The number of fused-ring (bicyclic) bond motifs is 1. The number of aryl methyl sites for hydroxylation is 1. The summed E-state index contributed by atoms with van der Waals surface area (Å²) < 4.78 is 0. The second-order valence-corrected chi connectivity index (χ2v) is 5.05. The minimum Gasteiger partial charge on any atom is -0.281 e. The molecule has 0 bridgehead atoms. The molecule has 2 rings (SSSR count). The average Bonchev–Trinajstić information content (AvgIpc) is 2.59. The lowest BCUT2D eigenvalue weighted by Crippen LogP contribution is -2.11. The Morgan fingerprint density at radius 2 is 2.00 bits per heavy atom. The van der Waals surface area contributed by atoms with E-state index >= 15 is 0 Å². The van der Waals surface area contributed by atoms with Crippen LogP contribution in [0.1, 0.15) is 39.0 Å². The third kappa shape index (κ3) is 1.76. The molecule has 15 heavy (non-hydrogen) atoms. The molecule has 1 aromatic heterocycles. The molecule has 1 heterocycles. The summed E-state index contributed by atoms with van der Waals surface area (Å²) in [6, 6.07) is 6.53. The molecular weight excluding hydrogens is 184 g/mol. The van der Waals surface area contributed by atoms with Crippen LogP contribution in [-0.4, -0.2) is 10.2 Å². The second kappa shape index (κ2) is 3.37. The minimum absolute atomic E-state index is 0.127. The zero-order chi connectivity index (χ0) is 11.1. The Morgan fingerprint density at radius 3 is 2.60 bits per heavy atom. The van der Waals surface area contributed by atoms with Gasteiger partial charge in [0.1, 0.15) is 0 Å². The van der Waals surface area contributed by atoms with Gasteiger partial charge < -0.3 is 0 Å². The molecule has 1 aromatic carbocycles. The lowest BCUT2D eigenvalue weighted by Gasteiger charge is -2.16. The topological polar surface area (TPSA) is 28.7 Å². The molecule has 2 aromatic rings. The van der Waals surface area contributed by atoms with Crippen molar-refractivity contribution in [3.8, 4) is 0 Å². The third-order valence-corrected chi connectivity index (χ3v) is 2.78. The number of benzene rings is 1. The van der Waals surface area contributed by atoms with Crippen molar-refractivity contribution >= 4 is 10.9 Å². The Morgan fingerprint density at radius 1 is 1.27 bits per heavy atom. The van der Waals surface area contributed by atoms with Gasteiger partial charge in [-0.1, -0.05) is 39.8 Å². The number of H-pyrrole nitrogens is 1. The van der Waals surface area contributed by atoms with Gasteiger partial charge in [-0.15, -0.1) is 0 Å². The average molecular weight is 202 g/mol. The molecule has 2 heteroatoms. The highest BCUT2D eigenvalue weighted by Crippen LogP contribution is 2.28. The molecule has 0 aliphatic heterocycles. The molecule has 0 fully saturated rings. The van der Waals surface area contributed by atoms with Gasteiger partial charge >= 0.3 is 0 Å². The number of rotatable bonds is 1. The van der Waals surface area contributed by atoms with Gasteiger partial charge in [-0.3, -0.25) is 5.10 Å². The standard InChI is InChI=1S/C13H18N2/c1-5-9-6-7-10-11(8-9)14-15-12(10)13(2,3)4/h6-8H,5H2,1-4H3,(H,14,15). The van der Waals surface area contributed by atoms with Crippen molar-refractivity contribution in [2.24, 2.45) is 0 Å². The Labute approximate surface area is 90.7 Å². The first-order valence-electron chi connectivity index (χ1n) is 5.50. The van der Waals surface area contributed by atoms with Crippen LogP contribution < -0.4 is 0 Å². The summed E-state index contributed by atoms with van der Waals surface area (Å²) in [5.41, 5.74) is 3.77. The van der Waals surface area contributed by atoms with Crippen molar-refractivity contribution in [3.63, 3.8) is 0 Å². The van der Waals surface area contributed by atoms with Crippen molar-refractivity contribution in [3.05, 3.63) is 29.5 Å². The highest BCUT2D eigenvalue weighted by Gasteiger charge is 2.19. The van der Waals surface area contributed by atoms with Crippen LogP contribution in [0.4, 0.5) is 0 Å². The third-order valence-electron chi connectivity index (χ3n) is 2.78. The summed E-state index contributed by atoms with van der Waals surface area (Å²) >= 11 is 0. The predicted molar refractivity (Wildman–Crippen MR) is 64.2 cm³/mol. The first-order chi connectivity index (χ1) is 7.02. The van der Waals surface area contributed by atoms with Gasteiger partial charge in [0.25, 0.3) is 0 Å². The highest BCUT2D eigenvalue weighted by atomic mass is 15.1. The number of aromatic amines is 1. The summed E-state index contributed by atoms with van der Waals surface area (Å²) in [6.07, 6.45) is 1.06. The van der Waals surface area contributed by atoms with Crippen LogP contribution in [0.25, 0.3) is 10.9 Å². The van der Waals surface area contributed by atoms with Crippen molar-refractivity contribution in [2.75, 3.05) is 0 Å². The lowest BCUT2D eigenvalue weighted by atomic mass is 9.90. The molecular formula is C13H18N2. The summed E-state index contributed by atoms with van der Waals surface area (Å²) in [5.74, 6) is 0. The van der Waals surface area contributed by atoms with Gasteiger partial charge in [-0.25, -0.2) is 0 Å². The van der Waals surface area contributed by atoms with E-state index in [0.717, 1.165) is 11.9 Å². The van der Waals surface area contributed by atoms with E-state index in [4.69, 9.17) is 0 Å². The van der Waals surface area contributed by atoms with Crippen molar-refractivity contribution in [1.29, 1.82) is 0 Å². The van der Waals surface area contributed by atoms with Crippen LogP contribution in [0.3, 0.4) is 0 Å². The van der Waals surface area contributed by atoms with E-state index < -0.39 is 0 Å². The normalized spacial score (nSPS) is 12.3. The van der Waals surface area contributed by atoms with E-state index in [1.54, 1.807) is 0 Å². The molecule has 0 atom stereocenters. The summed E-state index contributed by atoms with van der Waals surface area (Å²) in [5, 5.41) is 8.77. The molecule has 0 amide bonds. The fourth-order valence-electron chi connectivity index (χ4n) is 1.85. The van der Waals surface area contributed by atoms with Crippen LogP contribution in [-0.2, 0) is 11.8 Å². The quantitative estimate of drug-likeness (QED) is 0.754. The number of aromatic nitrogens is 2. The predicted octanol–water partition coefficient (Wildman–Crippen LogP) is 3.42. The molecule has 0 spiro atoms. The van der Waals surface area contributed by atoms with Crippen LogP contribution in [0.5, 0.6) is 0 Å². The molecule has 0 saturated heterocycles. The van der Waals surface area contributed by atoms with Gasteiger partial charge in [0, 0.05) is 16.5 Å². The minimum atomic E-state index is 0.127. The molecule has 0 radical (unpaired) electrons. The molecule has 1 N–H and O–H groups in total. The van der Waals surface area contributed by atoms with Gasteiger partial charge in [-0.05, 0) is 18.1 Å². The largest absolute Gasteiger partial charge is 0.281 e. The van der Waals surface area contributed by atoms with Gasteiger partial charge in [0.2, 0.25) is 0 Å². The fourth-order valence-corrected chi connectivity index (χ4v) is 1.85. The Balaban J connectivity index is 2.62. The van der Waals surface area contributed by atoms with Crippen LogP contribution >= 0.6 is 0 Å². The van der Waals surface area contributed by atoms with Crippen LogP contribution in [0.2, 0.25) is 0 Å². The van der Waals surface area contributed by atoms with Gasteiger partial charge in [0.05, 0.1) is 5.52 Å². The Kier molecular flexibility index (Phi) is 2.29. The summed E-state index contributed by atoms with van der Waals surface area (Å²) in [4.78, 5) is 0. The molecule has 0 saturated carbocycles. The molecule has 80 valence electrons. The first-order valence-corrected chi connectivity index (χ1v) is 5.50. The summed E-state index contributed by atoms with van der Waals surface area (Å²) in [7, 11) is 0. The zero-order valence-electron chi connectivity index (χ0n) is 9.89.